The van der Waals surface area contributed by atoms with E-state index in [4.69, 9.17) is 4.74 Å². The highest BCUT2D eigenvalue weighted by atomic mass is 19.1. The van der Waals surface area contributed by atoms with Crippen LogP contribution in [0.15, 0.2) is 30.6 Å². The van der Waals surface area contributed by atoms with Crippen LogP contribution in [-0.2, 0) is 11.2 Å². The molecule has 2 aromatic rings. The summed E-state index contributed by atoms with van der Waals surface area (Å²) in [6.45, 7) is 2.09. The molecular weight excluding hydrogens is 321 g/mol. The number of carbonyl (C=O) groups excluding carboxylic acids is 1. The standard InChI is InChI=1S/C19H20FN3O2/c20-15-7-14(19-11-21-5-6-25-19)4-3-13(15)8-18(24)17-10-22-16(9-23-17)12-1-2-12/h3-4,7,9-10,12,19,21H,1-2,5-6,8,11H2/t19-/m0/s1. The van der Waals surface area contributed by atoms with Gasteiger partial charge in [-0.15, -0.1) is 0 Å². The van der Waals surface area contributed by atoms with Crippen LogP contribution in [0.2, 0.25) is 0 Å². The molecule has 0 unspecified atom stereocenters. The highest BCUT2D eigenvalue weighted by Crippen LogP contribution is 2.38. The number of morpholine rings is 1. The van der Waals surface area contributed by atoms with Gasteiger partial charge in [0, 0.05) is 31.6 Å². The molecule has 2 aliphatic rings. The largest absolute Gasteiger partial charge is 0.371 e. The molecule has 1 N–H and O–H groups in total. The molecular formula is C19H20FN3O2. The van der Waals surface area contributed by atoms with E-state index in [1.54, 1.807) is 12.3 Å². The van der Waals surface area contributed by atoms with Crippen molar-refractivity contribution >= 4 is 5.78 Å². The van der Waals surface area contributed by atoms with E-state index in [9.17, 15) is 9.18 Å². The lowest BCUT2D eigenvalue weighted by Crippen LogP contribution is -2.33. The Kier molecular flexibility index (Phi) is 4.55. The maximum absolute atomic E-state index is 14.4. The maximum Gasteiger partial charge on any atom is 0.187 e. The Morgan fingerprint density at radius 1 is 1.28 bits per heavy atom. The van der Waals surface area contributed by atoms with Crippen LogP contribution in [0.4, 0.5) is 4.39 Å². The molecule has 1 saturated heterocycles. The van der Waals surface area contributed by atoms with Crippen LogP contribution in [0.5, 0.6) is 0 Å². The summed E-state index contributed by atoms with van der Waals surface area (Å²) < 4.78 is 20.0. The molecule has 6 heteroatoms. The molecule has 1 aromatic carbocycles. The van der Waals surface area contributed by atoms with E-state index in [1.807, 2.05) is 6.07 Å². The average Bonchev–Trinajstić information content (AvgIpc) is 3.49. The molecule has 1 aliphatic heterocycles. The van der Waals surface area contributed by atoms with E-state index in [1.165, 1.54) is 12.3 Å². The van der Waals surface area contributed by atoms with Crippen molar-refractivity contribution in [2.45, 2.75) is 31.3 Å². The predicted molar refractivity (Wildman–Crippen MR) is 90.0 cm³/mol. The van der Waals surface area contributed by atoms with Gasteiger partial charge in [-0.2, -0.15) is 0 Å². The Morgan fingerprint density at radius 3 is 2.80 bits per heavy atom. The molecule has 0 amide bonds. The molecule has 5 nitrogen and oxygen atoms in total. The Labute approximate surface area is 145 Å². The minimum atomic E-state index is -0.386. The van der Waals surface area contributed by atoms with Crippen LogP contribution >= 0.6 is 0 Å². The second kappa shape index (κ2) is 6.98. The molecule has 130 valence electrons. The summed E-state index contributed by atoms with van der Waals surface area (Å²) in [4.78, 5) is 20.8. The first-order valence-electron chi connectivity index (χ1n) is 8.66. The highest BCUT2D eigenvalue weighted by molar-refractivity contribution is 5.95. The molecule has 4 rings (SSSR count). The number of hydrogen-bond acceptors (Lipinski definition) is 5. The van der Waals surface area contributed by atoms with Gasteiger partial charge in [0.25, 0.3) is 0 Å². The zero-order chi connectivity index (χ0) is 17.2. The number of ether oxygens (including phenoxy) is 1. The van der Waals surface area contributed by atoms with Crippen molar-refractivity contribution in [3.8, 4) is 0 Å². The number of Topliss-reactive ketones (excluding diaryl/α,β-unsaturated/α-hetero) is 1. The monoisotopic (exact) mass is 341 g/mol. The van der Waals surface area contributed by atoms with Gasteiger partial charge < -0.3 is 10.1 Å². The van der Waals surface area contributed by atoms with Crippen LogP contribution in [0.1, 0.15) is 52.2 Å². The Balaban J connectivity index is 1.45. The number of benzene rings is 1. The first-order chi connectivity index (χ1) is 12.2. The summed E-state index contributed by atoms with van der Waals surface area (Å²) in [5.41, 5.74) is 2.38. The third kappa shape index (κ3) is 3.75. The molecule has 2 heterocycles. The SMILES string of the molecule is O=C(Cc1ccc([C@@H]2CNCCO2)cc1F)c1cnc(C2CC2)cn1. The Bertz CT molecular complexity index is 769. The van der Waals surface area contributed by atoms with E-state index >= 15 is 0 Å². The number of nitrogens with zero attached hydrogens (tertiary/aromatic N) is 2. The number of ketones is 1. The van der Waals surface area contributed by atoms with Crippen LogP contribution in [0.25, 0.3) is 0 Å². The van der Waals surface area contributed by atoms with Crippen LogP contribution in [0, 0.1) is 5.82 Å². The molecule has 1 aliphatic carbocycles. The van der Waals surface area contributed by atoms with E-state index in [0.717, 1.165) is 30.6 Å². The topological polar surface area (TPSA) is 64.1 Å². The van der Waals surface area contributed by atoms with Gasteiger partial charge in [-0.1, -0.05) is 12.1 Å². The van der Waals surface area contributed by atoms with Crippen molar-refractivity contribution in [1.29, 1.82) is 0 Å². The first kappa shape index (κ1) is 16.3. The molecule has 2 fully saturated rings. The summed E-state index contributed by atoms with van der Waals surface area (Å²) in [5.74, 6) is -0.113. The zero-order valence-corrected chi connectivity index (χ0v) is 13.9. The summed E-state index contributed by atoms with van der Waals surface area (Å²) in [6, 6.07) is 4.94. The quantitative estimate of drug-likeness (QED) is 0.847. The third-order valence-corrected chi connectivity index (χ3v) is 4.68. The summed E-state index contributed by atoms with van der Waals surface area (Å²) in [6.07, 6.45) is 5.28. The highest BCUT2D eigenvalue weighted by Gasteiger charge is 2.25. The van der Waals surface area contributed by atoms with Gasteiger partial charge >= 0.3 is 0 Å². The van der Waals surface area contributed by atoms with E-state index < -0.39 is 0 Å². The van der Waals surface area contributed by atoms with Gasteiger partial charge in [0.1, 0.15) is 11.5 Å². The van der Waals surface area contributed by atoms with Gasteiger partial charge in [0.2, 0.25) is 0 Å². The molecule has 0 spiro atoms. The summed E-state index contributed by atoms with van der Waals surface area (Å²) in [5, 5.41) is 3.22. The number of halogens is 1. The number of aromatic nitrogens is 2. The fraction of sp³-hybridized carbons (Fsp3) is 0.421. The molecule has 1 saturated carbocycles. The van der Waals surface area contributed by atoms with Crippen LogP contribution < -0.4 is 5.32 Å². The van der Waals surface area contributed by atoms with Crippen LogP contribution in [0.3, 0.4) is 0 Å². The van der Waals surface area contributed by atoms with Gasteiger partial charge in [-0.25, -0.2) is 9.37 Å². The lowest BCUT2D eigenvalue weighted by Gasteiger charge is -2.24. The Hall–Kier alpha value is -2.18. The second-order valence-electron chi connectivity index (χ2n) is 6.62. The molecule has 25 heavy (non-hydrogen) atoms. The number of carbonyl (C=O) groups is 1. The van der Waals surface area contributed by atoms with Crippen molar-refractivity contribution in [3.05, 3.63) is 58.9 Å². The maximum atomic E-state index is 14.4. The van der Waals surface area contributed by atoms with E-state index in [0.29, 0.717) is 24.6 Å². The fourth-order valence-electron chi connectivity index (χ4n) is 3.02. The van der Waals surface area contributed by atoms with Crippen molar-refractivity contribution < 1.29 is 13.9 Å². The Morgan fingerprint density at radius 2 is 2.16 bits per heavy atom. The average molecular weight is 341 g/mol. The van der Waals surface area contributed by atoms with Crippen molar-refractivity contribution in [3.63, 3.8) is 0 Å². The number of nitrogens with one attached hydrogen (secondary N) is 1. The molecule has 1 aromatic heterocycles. The van der Waals surface area contributed by atoms with E-state index in [-0.39, 0.29) is 29.8 Å². The fourth-order valence-corrected chi connectivity index (χ4v) is 3.02. The lowest BCUT2D eigenvalue weighted by molar-refractivity contribution is 0.0275. The number of rotatable bonds is 5. The summed E-state index contributed by atoms with van der Waals surface area (Å²) in [7, 11) is 0. The molecule has 0 bridgehead atoms. The third-order valence-electron chi connectivity index (χ3n) is 4.68. The van der Waals surface area contributed by atoms with Crippen molar-refractivity contribution in [2.75, 3.05) is 19.7 Å². The second-order valence-corrected chi connectivity index (χ2v) is 6.62. The van der Waals surface area contributed by atoms with Crippen molar-refractivity contribution in [1.82, 2.24) is 15.3 Å². The van der Waals surface area contributed by atoms with Gasteiger partial charge in [-0.05, 0) is 30.0 Å². The minimum absolute atomic E-state index is 0.0205. The lowest BCUT2D eigenvalue weighted by atomic mass is 10.0. The predicted octanol–water partition coefficient (Wildman–Crippen LogP) is 2.58. The van der Waals surface area contributed by atoms with Crippen molar-refractivity contribution in [2.24, 2.45) is 0 Å². The van der Waals surface area contributed by atoms with Gasteiger partial charge in [0.05, 0.1) is 24.6 Å². The first-order valence-corrected chi connectivity index (χ1v) is 8.66. The zero-order valence-electron chi connectivity index (χ0n) is 13.9. The van der Waals surface area contributed by atoms with Gasteiger partial charge in [-0.3, -0.25) is 9.78 Å². The normalized spacial score (nSPS) is 20.4. The minimum Gasteiger partial charge on any atom is -0.371 e. The van der Waals surface area contributed by atoms with Crippen LogP contribution in [-0.4, -0.2) is 35.4 Å². The molecule has 1 atom stereocenters. The van der Waals surface area contributed by atoms with E-state index in [2.05, 4.69) is 15.3 Å². The number of hydrogen-bond donors (Lipinski definition) is 1. The smallest absolute Gasteiger partial charge is 0.187 e. The summed E-state index contributed by atoms with van der Waals surface area (Å²) >= 11 is 0. The molecule has 0 radical (unpaired) electrons. The van der Waals surface area contributed by atoms with Gasteiger partial charge in [0.15, 0.2) is 5.78 Å².